The average molecular weight is 353 g/mol. The number of esters is 1. The Morgan fingerprint density at radius 2 is 1.96 bits per heavy atom. The minimum absolute atomic E-state index is 0.0420. The van der Waals surface area contributed by atoms with Crippen molar-refractivity contribution in [1.82, 2.24) is 9.97 Å². The number of nitrogens with zero attached hydrogens (tertiary/aromatic N) is 1. The number of aromatic amines is 1. The quantitative estimate of drug-likeness (QED) is 0.606. The molecule has 1 aromatic heterocycles. The van der Waals surface area contributed by atoms with Gasteiger partial charge in [-0.1, -0.05) is 6.07 Å². The molecule has 1 heterocycles. The number of H-pyrrole nitrogens is 1. The first-order chi connectivity index (χ1) is 12.4. The molecular formula is C18H15N3O5. The number of amides is 1. The highest BCUT2D eigenvalue weighted by molar-refractivity contribution is 5.99. The van der Waals surface area contributed by atoms with Crippen LogP contribution in [-0.4, -0.2) is 39.0 Å². The van der Waals surface area contributed by atoms with Crippen LogP contribution in [0.25, 0.3) is 11.0 Å². The van der Waals surface area contributed by atoms with Crippen LogP contribution in [0.15, 0.2) is 48.8 Å². The fourth-order valence-corrected chi connectivity index (χ4v) is 2.32. The summed E-state index contributed by atoms with van der Waals surface area (Å²) in [6.07, 6.45) is 0.453. The molecule has 132 valence electrons. The van der Waals surface area contributed by atoms with Gasteiger partial charge in [-0.05, 0) is 43.3 Å². The van der Waals surface area contributed by atoms with E-state index in [-0.39, 0.29) is 11.1 Å². The van der Waals surface area contributed by atoms with E-state index in [0.717, 1.165) is 0 Å². The van der Waals surface area contributed by atoms with Crippen molar-refractivity contribution in [3.05, 3.63) is 59.9 Å². The first kappa shape index (κ1) is 17.2. The normalized spacial score (nSPS) is 11.7. The van der Waals surface area contributed by atoms with Crippen LogP contribution in [0, 0.1) is 0 Å². The van der Waals surface area contributed by atoms with Gasteiger partial charge in [0.25, 0.3) is 5.91 Å². The van der Waals surface area contributed by atoms with Crippen LogP contribution in [0.2, 0.25) is 0 Å². The fourth-order valence-electron chi connectivity index (χ4n) is 2.32. The highest BCUT2D eigenvalue weighted by atomic mass is 16.5. The number of nitrogens with one attached hydrogen (secondary N) is 2. The van der Waals surface area contributed by atoms with E-state index < -0.39 is 23.9 Å². The maximum atomic E-state index is 12.2. The molecule has 8 heteroatoms. The summed E-state index contributed by atoms with van der Waals surface area (Å²) >= 11 is 0. The Kier molecular flexibility index (Phi) is 4.66. The molecule has 3 N–H and O–H groups in total. The highest BCUT2D eigenvalue weighted by Gasteiger charge is 2.20. The lowest BCUT2D eigenvalue weighted by Crippen LogP contribution is -2.30. The van der Waals surface area contributed by atoms with Gasteiger partial charge in [-0.2, -0.15) is 0 Å². The first-order valence-electron chi connectivity index (χ1n) is 7.72. The number of carbonyl (C=O) groups is 3. The molecular weight excluding hydrogens is 338 g/mol. The molecule has 0 aliphatic carbocycles. The van der Waals surface area contributed by atoms with Crippen LogP contribution in [0.3, 0.4) is 0 Å². The lowest BCUT2D eigenvalue weighted by Gasteiger charge is -2.14. The molecule has 0 saturated carbocycles. The van der Waals surface area contributed by atoms with Crippen LogP contribution in [-0.2, 0) is 9.53 Å². The standard InChI is InChI=1S/C18H15N3O5/c1-10(16(22)21-13-4-2-3-11(7-13)17(23)24)26-18(25)12-5-6-14-15(8-12)20-9-19-14/h2-10H,1H3,(H,19,20)(H,21,22)(H,23,24). The molecule has 3 rings (SSSR count). The number of carboxylic acid groups (broad SMARTS) is 1. The molecule has 8 nitrogen and oxygen atoms in total. The number of aromatic carboxylic acids is 1. The predicted octanol–water partition coefficient (Wildman–Crippen LogP) is 2.45. The van der Waals surface area contributed by atoms with E-state index >= 15 is 0 Å². The maximum Gasteiger partial charge on any atom is 0.338 e. The summed E-state index contributed by atoms with van der Waals surface area (Å²) in [6, 6.07) is 10.6. The molecule has 0 fully saturated rings. The summed E-state index contributed by atoms with van der Waals surface area (Å²) in [5.74, 6) is -2.32. The molecule has 0 spiro atoms. The van der Waals surface area contributed by atoms with E-state index in [0.29, 0.717) is 16.7 Å². The van der Waals surface area contributed by atoms with Crippen molar-refractivity contribution in [2.75, 3.05) is 5.32 Å². The summed E-state index contributed by atoms with van der Waals surface area (Å²) in [5, 5.41) is 11.5. The first-order valence-corrected chi connectivity index (χ1v) is 7.72. The second kappa shape index (κ2) is 7.06. The molecule has 2 aromatic carbocycles. The van der Waals surface area contributed by atoms with Crippen LogP contribution in [0.5, 0.6) is 0 Å². The number of ether oxygens (including phenoxy) is 1. The van der Waals surface area contributed by atoms with Crippen LogP contribution in [0.1, 0.15) is 27.6 Å². The van der Waals surface area contributed by atoms with Crippen LogP contribution in [0.4, 0.5) is 5.69 Å². The van der Waals surface area contributed by atoms with Crippen molar-refractivity contribution in [1.29, 1.82) is 0 Å². The third kappa shape index (κ3) is 3.69. The summed E-state index contributed by atoms with van der Waals surface area (Å²) in [7, 11) is 0. The van der Waals surface area contributed by atoms with Gasteiger partial charge in [0.15, 0.2) is 6.10 Å². The molecule has 0 aliphatic heterocycles. The molecule has 0 aliphatic rings. The van der Waals surface area contributed by atoms with Crippen molar-refractivity contribution in [3.63, 3.8) is 0 Å². The summed E-state index contributed by atoms with van der Waals surface area (Å²) in [4.78, 5) is 42.3. The molecule has 1 unspecified atom stereocenters. The Balaban J connectivity index is 1.65. The summed E-state index contributed by atoms with van der Waals surface area (Å²) < 4.78 is 5.17. The number of benzene rings is 2. The average Bonchev–Trinajstić information content (AvgIpc) is 3.09. The Hall–Kier alpha value is -3.68. The third-order valence-electron chi connectivity index (χ3n) is 3.69. The zero-order valence-corrected chi connectivity index (χ0v) is 13.7. The predicted molar refractivity (Wildman–Crippen MR) is 93.0 cm³/mol. The number of imidazole rings is 1. The van der Waals surface area contributed by atoms with Crippen LogP contribution >= 0.6 is 0 Å². The van der Waals surface area contributed by atoms with Gasteiger partial charge in [0.2, 0.25) is 0 Å². The second-order valence-corrected chi connectivity index (χ2v) is 5.56. The SMILES string of the molecule is CC(OC(=O)c1ccc2nc[nH]c2c1)C(=O)Nc1cccc(C(=O)O)c1. The van der Waals surface area contributed by atoms with Gasteiger partial charge in [0, 0.05) is 5.69 Å². The van der Waals surface area contributed by atoms with E-state index in [1.165, 1.54) is 31.5 Å². The molecule has 0 radical (unpaired) electrons. The monoisotopic (exact) mass is 353 g/mol. The number of carbonyl (C=O) groups excluding carboxylic acids is 2. The Morgan fingerprint density at radius 3 is 2.73 bits per heavy atom. The lowest BCUT2D eigenvalue weighted by molar-refractivity contribution is -0.123. The number of hydrogen-bond donors (Lipinski definition) is 3. The van der Waals surface area contributed by atoms with Crippen molar-refractivity contribution in [2.45, 2.75) is 13.0 Å². The van der Waals surface area contributed by atoms with E-state index in [1.54, 1.807) is 24.3 Å². The fraction of sp³-hybridized carbons (Fsp3) is 0.111. The topological polar surface area (TPSA) is 121 Å². The molecule has 0 bridgehead atoms. The van der Waals surface area contributed by atoms with Gasteiger partial charge in [-0.15, -0.1) is 0 Å². The molecule has 26 heavy (non-hydrogen) atoms. The zero-order valence-electron chi connectivity index (χ0n) is 13.7. The van der Waals surface area contributed by atoms with Gasteiger partial charge >= 0.3 is 11.9 Å². The molecule has 1 atom stereocenters. The number of hydrogen-bond acceptors (Lipinski definition) is 5. The van der Waals surface area contributed by atoms with Crippen molar-refractivity contribution >= 4 is 34.6 Å². The molecule has 0 saturated heterocycles. The number of carboxylic acids is 1. The Bertz CT molecular complexity index is 995. The minimum atomic E-state index is -1.10. The summed E-state index contributed by atoms with van der Waals surface area (Å²) in [5.41, 5.74) is 2.03. The smallest absolute Gasteiger partial charge is 0.338 e. The lowest BCUT2D eigenvalue weighted by atomic mass is 10.2. The Morgan fingerprint density at radius 1 is 1.15 bits per heavy atom. The van der Waals surface area contributed by atoms with Crippen LogP contribution < -0.4 is 5.32 Å². The van der Waals surface area contributed by atoms with Gasteiger partial charge in [-0.25, -0.2) is 14.6 Å². The van der Waals surface area contributed by atoms with E-state index in [4.69, 9.17) is 9.84 Å². The van der Waals surface area contributed by atoms with Gasteiger partial charge in [0.05, 0.1) is 28.5 Å². The third-order valence-corrected chi connectivity index (χ3v) is 3.69. The van der Waals surface area contributed by atoms with Crippen molar-refractivity contribution in [3.8, 4) is 0 Å². The number of fused-ring (bicyclic) bond motifs is 1. The molecule has 3 aromatic rings. The number of aromatic nitrogens is 2. The van der Waals surface area contributed by atoms with E-state index in [1.807, 2.05) is 0 Å². The number of rotatable bonds is 5. The summed E-state index contributed by atoms with van der Waals surface area (Å²) in [6.45, 7) is 1.43. The van der Waals surface area contributed by atoms with Gasteiger partial charge in [-0.3, -0.25) is 4.79 Å². The number of anilines is 1. The van der Waals surface area contributed by atoms with Crippen molar-refractivity contribution < 1.29 is 24.2 Å². The second-order valence-electron chi connectivity index (χ2n) is 5.56. The van der Waals surface area contributed by atoms with Gasteiger partial charge < -0.3 is 20.1 Å². The van der Waals surface area contributed by atoms with Crippen molar-refractivity contribution in [2.24, 2.45) is 0 Å². The molecule has 1 amide bonds. The minimum Gasteiger partial charge on any atom is -0.478 e. The van der Waals surface area contributed by atoms with E-state index in [2.05, 4.69) is 15.3 Å². The van der Waals surface area contributed by atoms with Gasteiger partial charge in [0.1, 0.15) is 0 Å². The maximum absolute atomic E-state index is 12.2. The highest BCUT2D eigenvalue weighted by Crippen LogP contribution is 2.15. The van der Waals surface area contributed by atoms with E-state index in [9.17, 15) is 14.4 Å². The largest absolute Gasteiger partial charge is 0.478 e. The zero-order chi connectivity index (χ0) is 18.7. The Labute approximate surface area is 147 Å².